The third-order valence-corrected chi connectivity index (χ3v) is 4.75. The summed E-state index contributed by atoms with van der Waals surface area (Å²) in [5.41, 5.74) is 0. The molecule has 0 aliphatic carbocycles. The van der Waals surface area contributed by atoms with Gasteiger partial charge in [-0.15, -0.1) is 0 Å². The van der Waals surface area contributed by atoms with Crippen molar-refractivity contribution in [1.29, 1.82) is 0 Å². The molecule has 1 fully saturated rings. The highest BCUT2D eigenvalue weighted by atomic mass is 16.5. The van der Waals surface area contributed by atoms with Gasteiger partial charge in [-0.3, -0.25) is 9.69 Å². The fraction of sp³-hybridized carbons (Fsp3) is 0.286. The van der Waals surface area contributed by atoms with Crippen LogP contribution in [0.2, 0.25) is 0 Å². The summed E-state index contributed by atoms with van der Waals surface area (Å²) < 4.78 is 5.59. The number of ether oxygens (including phenoxy) is 1. The van der Waals surface area contributed by atoms with E-state index in [2.05, 4.69) is 29.2 Å². The first kappa shape index (κ1) is 15.2. The number of carbonyl (C=O) groups excluding carboxylic acids is 1. The maximum absolute atomic E-state index is 12.2. The molecule has 3 aromatic rings. The lowest BCUT2D eigenvalue weighted by atomic mass is 10.0. The van der Waals surface area contributed by atoms with Crippen molar-refractivity contribution >= 4 is 27.5 Å². The number of carbonyl (C=O) groups is 1. The van der Waals surface area contributed by atoms with Gasteiger partial charge in [-0.2, -0.15) is 0 Å². The smallest absolute Gasteiger partial charge is 0.325 e. The molecule has 0 aromatic heterocycles. The minimum absolute atomic E-state index is 0.170. The van der Waals surface area contributed by atoms with Gasteiger partial charge in [0, 0.05) is 0 Å². The van der Waals surface area contributed by atoms with E-state index in [-0.39, 0.29) is 5.97 Å². The van der Waals surface area contributed by atoms with E-state index in [1.54, 1.807) is 0 Å². The van der Waals surface area contributed by atoms with E-state index in [4.69, 9.17) is 4.74 Å². The van der Waals surface area contributed by atoms with Crippen LogP contribution in [0.4, 0.5) is 0 Å². The van der Waals surface area contributed by atoms with E-state index in [1.165, 1.54) is 30.0 Å². The molecule has 1 saturated heterocycles. The van der Waals surface area contributed by atoms with Gasteiger partial charge in [0.25, 0.3) is 0 Å². The largest absolute Gasteiger partial charge is 0.426 e. The van der Waals surface area contributed by atoms with Gasteiger partial charge in [0.15, 0.2) is 0 Å². The summed E-state index contributed by atoms with van der Waals surface area (Å²) in [6, 6.07) is 18.4. The Kier molecular flexibility index (Phi) is 4.18. The van der Waals surface area contributed by atoms with Crippen LogP contribution in [0, 0.1) is 0 Å². The quantitative estimate of drug-likeness (QED) is 0.407. The minimum Gasteiger partial charge on any atom is -0.426 e. The van der Waals surface area contributed by atoms with Crippen LogP contribution >= 0.6 is 0 Å². The molecular formula is C21H21NO2. The first-order valence-corrected chi connectivity index (χ1v) is 8.64. The van der Waals surface area contributed by atoms with E-state index < -0.39 is 0 Å². The van der Waals surface area contributed by atoms with Gasteiger partial charge in [0.05, 0.1) is 6.54 Å². The number of nitrogens with zero attached hydrogens (tertiary/aromatic N) is 1. The van der Waals surface area contributed by atoms with Crippen LogP contribution < -0.4 is 4.74 Å². The van der Waals surface area contributed by atoms with E-state index in [9.17, 15) is 4.79 Å². The average molecular weight is 319 g/mol. The molecule has 0 atom stereocenters. The van der Waals surface area contributed by atoms with Gasteiger partial charge in [-0.05, 0) is 59.6 Å². The fourth-order valence-corrected chi connectivity index (χ4v) is 3.51. The molecular weight excluding hydrogens is 298 g/mol. The van der Waals surface area contributed by atoms with Crippen molar-refractivity contribution in [1.82, 2.24) is 4.90 Å². The lowest BCUT2D eigenvalue weighted by molar-refractivity contribution is -0.135. The topological polar surface area (TPSA) is 29.5 Å². The van der Waals surface area contributed by atoms with Crippen LogP contribution in [-0.4, -0.2) is 30.5 Å². The molecule has 0 spiro atoms. The van der Waals surface area contributed by atoms with Crippen LogP contribution in [0.15, 0.2) is 54.6 Å². The molecule has 1 aliphatic rings. The third kappa shape index (κ3) is 3.13. The SMILES string of the molecule is O=C(CN1CCCCC1)Oc1ccc2ccc3ccccc3c2c1. The number of rotatable bonds is 3. The van der Waals surface area contributed by atoms with Gasteiger partial charge in [0.2, 0.25) is 0 Å². The van der Waals surface area contributed by atoms with Gasteiger partial charge in [-0.1, -0.05) is 48.9 Å². The van der Waals surface area contributed by atoms with Crippen molar-refractivity contribution in [3.8, 4) is 5.75 Å². The Labute approximate surface area is 141 Å². The third-order valence-electron chi connectivity index (χ3n) is 4.75. The van der Waals surface area contributed by atoms with Crippen LogP contribution in [0.5, 0.6) is 5.75 Å². The number of hydrogen-bond donors (Lipinski definition) is 0. The fourth-order valence-electron chi connectivity index (χ4n) is 3.51. The Balaban J connectivity index is 1.57. The molecule has 1 heterocycles. The first-order valence-electron chi connectivity index (χ1n) is 8.64. The Morgan fingerprint density at radius 1 is 0.875 bits per heavy atom. The van der Waals surface area contributed by atoms with Crippen LogP contribution in [0.25, 0.3) is 21.5 Å². The van der Waals surface area contributed by atoms with Gasteiger partial charge in [-0.25, -0.2) is 0 Å². The predicted octanol–water partition coefficient (Wildman–Crippen LogP) is 4.38. The molecule has 24 heavy (non-hydrogen) atoms. The number of likely N-dealkylation sites (tertiary alicyclic amines) is 1. The summed E-state index contributed by atoms with van der Waals surface area (Å²) in [6.07, 6.45) is 3.62. The number of piperidine rings is 1. The van der Waals surface area contributed by atoms with Crippen LogP contribution in [0.1, 0.15) is 19.3 Å². The number of fused-ring (bicyclic) bond motifs is 3. The molecule has 3 aromatic carbocycles. The number of benzene rings is 3. The van der Waals surface area contributed by atoms with E-state index in [1.807, 2.05) is 30.3 Å². The zero-order valence-corrected chi connectivity index (χ0v) is 13.7. The Morgan fingerprint density at radius 2 is 1.58 bits per heavy atom. The molecule has 0 saturated carbocycles. The molecule has 3 nitrogen and oxygen atoms in total. The monoisotopic (exact) mass is 319 g/mol. The van der Waals surface area contributed by atoms with Crippen molar-refractivity contribution in [2.45, 2.75) is 19.3 Å². The van der Waals surface area contributed by atoms with E-state index in [0.717, 1.165) is 23.9 Å². The zero-order valence-electron chi connectivity index (χ0n) is 13.7. The summed E-state index contributed by atoms with van der Waals surface area (Å²) >= 11 is 0. The molecule has 0 N–H and O–H groups in total. The summed E-state index contributed by atoms with van der Waals surface area (Å²) in [7, 11) is 0. The highest BCUT2D eigenvalue weighted by molar-refractivity contribution is 6.07. The van der Waals surface area contributed by atoms with Crippen LogP contribution in [0.3, 0.4) is 0 Å². The zero-order chi connectivity index (χ0) is 16.4. The van der Waals surface area contributed by atoms with E-state index in [0.29, 0.717) is 12.3 Å². The maximum atomic E-state index is 12.2. The summed E-state index contributed by atoms with van der Waals surface area (Å²) in [5.74, 6) is 0.456. The van der Waals surface area contributed by atoms with Crippen molar-refractivity contribution < 1.29 is 9.53 Å². The first-order chi connectivity index (χ1) is 11.8. The summed E-state index contributed by atoms with van der Waals surface area (Å²) in [5, 5.41) is 4.66. The molecule has 122 valence electrons. The second-order valence-corrected chi connectivity index (χ2v) is 6.48. The lowest BCUT2D eigenvalue weighted by Crippen LogP contribution is -2.36. The average Bonchev–Trinajstić information content (AvgIpc) is 2.62. The van der Waals surface area contributed by atoms with Crippen molar-refractivity contribution in [2.75, 3.05) is 19.6 Å². The number of esters is 1. The number of hydrogen-bond acceptors (Lipinski definition) is 3. The highest BCUT2D eigenvalue weighted by Gasteiger charge is 2.15. The highest BCUT2D eigenvalue weighted by Crippen LogP contribution is 2.28. The van der Waals surface area contributed by atoms with E-state index >= 15 is 0 Å². The van der Waals surface area contributed by atoms with Crippen molar-refractivity contribution in [2.24, 2.45) is 0 Å². The summed E-state index contributed by atoms with van der Waals surface area (Å²) in [4.78, 5) is 14.4. The van der Waals surface area contributed by atoms with Gasteiger partial charge in [0.1, 0.15) is 5.75 Å². The minimum atomic E-state index is -0.170. The van der Waals surface area contributed by atoms with Crippen LogP contribution in [-0.2, 0) is 4.79 Å². The second-order valence-electron chi connectivity index (χ2n) is 6.48. The van der Waals surface area contributed by atoms with Gasteiger partial charge < -0.3 is 4.74 Å². The molecule has 4 rings (SSSR count). The Hall–Kier alpha value is -2.39. The van der Waals surface area contributed by atoms with Gasteiger partial charge >= 0.3 is 5.97 Å². The molecule has 0 amide bonds. The Morgan fingerprint density at radius 3 is 2.42 bits per heavy atom. The molecule has 0 bridgehead atoms. The van der Waals surface area contributed by atoms with Crippen molar-refractivity contribution in [3.63, 3.8) is 0 Å². The molecule has 0 radical (unpaired) electrons. The standard InChI is InChI=1S/C21H21NO2/c23-21(15-22-12-4-1-5-13-22)24-18-11-10-17-9-8-16-6-2-3-7-19(16)20(17)14-18/h2-3,6-11,14H,1,4-5,12-13,15H2. The predicted molar refractivity (Wildman–Crippen MR) is 97.4 cm³/mol. The maximum Gasteiger partial charge on any atom is 0.325 e. The normalized spacial score (nSPS) is 15.7. The lowest BCUT2D eigenvalue weighted by Gasteiger charge is -2.25. The second kappa shape index (κ2) is 6.62. The Bertz CT molecular complexity index is 881. The molecule has 3 heteroatoms. The van der Waals surface area contributed by atoms with Crippen molar-refractivity contribution in [3.05, 3.63) is 54.6 Å². The molecule has 0 unspecified atom stereocenters. The summed E-state index contributed by atoms with van der Waals surface area (Å²) in [6.45, 7) is 2.38. The molecule has 1 aliphatic heterocycles.